The monoisotopic (exact) mass is 421 g/mol. The third-order valence-corrected chi connectivity index (χ3v) is 5.33. The predicted molar refractivity (Wildman–Crippen MR) is 109 cm³/mol. The SMILES string of the molecule is Cc1ccc(OCc2cc(C(=O)N3CCC[C@H]3c3nc4ccc(F)cc4[nH]3)no2)cn1. The number of aryl methyl sites for hydroxylation is 1. The average Bonchev–Trinajstić information content (AvgIpc) is 3.51. The second kappa shape index (κ2) is 7.82. The number of H-pyrrole nitrogens is 1. The number of pyridine rings is 1. The topological polar surface area (TPSA) is 97.1 Å². The zero-order valence-corrected chi connectivity index (χ0v) is 16.8. The number of halogens is 1. The molecule has 158 valence electrons. The Kier molecular flexibility index (Phi) is 4.85. The molecule has 8 nitrogen and oxygen atoms in total. The lowest BCUT2D eigenvalue weighted by molar-refractivity contribution is 0.0719. The number of aromatic amines is 1. The number of fused-ring (bicyclic) bond motifs is 1. The first-order chi connectivity index (χ1) is 15.1. The van der Waals surface area contributed by atoms with E-state index in [9.17, 15) is 9.18 Å². The number of imidazole rings is 1. The normalized spacial score (nSPS) is 16.2. The lowest BCUT2D eigenvalue weighted by Crippen LogP contribution is -2.31. The standard InChI is InChI=1S/C22H20FN5O3/c1-13-4-6-15(11-24-13)30-12-16-10-19(27-31-16)22(29)28-8-2-3-20(28)21-25-17-7-5-14(23)9-18(17)26-21/h4-7,9-11,20H,2-3,8,12H2,1H3,(H,25,26)/t20-/m0/s1. The Morgan fingerprint density at radius 1 is 1.32 bits per heavy atom. The summed E-state index contributed by atoms with van der Waals surface area (Å²) < 4.78 is 24.4. The summed E-state index contributed by atoms with van der Waals surface area (Å²) in [6, 6.07) is 9.44. The zero-order valence-electron chi connectivity index (χ0n) is 16.8. The Hall–Kier alpha value is -3.75. The Balaban J connectivity index is 1.30. The molecule has 0 unspecified atom stereocenters. The lowest BCUT2D eigenvalue weighted by atomic mass is 10.2. The number of rotatable bonds is 5. The van der Waals surface area contributed by atoms with Crippen molar-refractivity contribution in [1.82, 2.24) is 25.0 Å². The Morgan fingerprint density at radius 2 is 2.23 bits per heavy atom. The molecule has 1 amide bonds. The Bertz CT molecular complexity index is 1230. The van der Waals surface area contributed by atoms with Crippen LogP contribution in [0.5, 0.6) is 5.75 Å². The highest BCUT2D eigenvalue weighted by Gasteiger charge is 2.34. The van der Waals surface area contributed by atoms with Crippen LogP contribution in [0.4, 0.5) is 4.39 Å². The van der Waals surface area contributed by atoms with Gasteiger partial charge in [-0.3, -0.25) is 9.78 Å². The number of ether oxygens (including phenoxy) is 1. The minimum absolute atomic E-state index is 0.142. The van der Waals surface area contributed by atoms with E-state index in [-0.39, 0.29) is 30.1 Å². The summed E-state index contributed by atoms with van der Waals surface area (Å²) in [5.74, 6) is 1.13. The fourth-order valence-corrected chi connectivity index (χ4v) is 3.78. The predicted octanol–water partition coefficient (Wildman–Crippen LogP) is 3.95. The van der Waals surface area contributed by atoms with Gasteiger partial charge in [-0.1, -0.05) is 5.16 Å². The molecule has 4 heterocycles. The van der Waals surface area contributed by atoms with E-state index < -0.39 is 0 Å². The molecule has 1 N–H and O–H groups in total. The molecule has 9 heteroatoms. The first-order valence-electron chi connectivity index (χ1n) is 10.0. The minimum Gasteiger partial charge on any atom is -0.484 e. The van der Waals surface area contributed by atoms with E-state index in [0.717, 1.165) is 18.5 Å². The van der Waals surface area contributed by atoms with Crippen molar-refractivity contribution in [2.24, 2.45) is 0 Å². The smallest absolute Gasteiger partial charge is 0.276 e. The largest absolute Gasteiger partial charge is 0.484 e. The maximum Gasteiger partial charge on any atom is 0.276 e. The molecule has 4 aromatic rings. The summed E-state index contributed by atoms with van der Waals surface area (Å²) >= 11 is 0. The van der Waals surface area contributed by atoms with Crippen LogP contribution in [0.15, 0.2) is 47.1 Å². The van der Waals surface area contributed by atoms with Crippen molar-refractivity contribution in [3.05, 3.63) is 71.4 Å². The molecule has 0 radical (unpaired) electrons. The van der Waals surface area contributed by atoms with Gasteiger partial charge in [-0.2, -0.15) is 0 Å². The quantitative estimate of drug-likeness (QED) is 0.524. The molecule has 1 fully saturated rings. The van der Waals surface area contributed by atoms with Gasteiger partial charge in [0.25, 0.3) is 5.91 Å². The lowest BCUT2D eigenvalue weighted by Gasteiger charge is -2.21. The number of carbonyl (C=O) groups excluding carboxylic acids is 1. The summed E-state index contributed by atoms with van der Waals surface area (Å²) in [4.78, 5) is 26.7. The molecule has 1 aromatic carbocycles. The van der Waals surface area contributed by atoms with Crippen LogP contribution in [0.1, 0.15) is 46.7 Å². The summed E-state index contributed by atoms with van der Waals surface area (Å²) in [7, 11) is 0. The molecule has 31 heavy (non-hydrogen) atoms. The van der Waals surface area contributed by atoms with Gasteiger partial charge in [0.1, 0.15) is 24.0 Å². The van der Waals surface area contributed by atoms with Crippen molar-refractivity contribution in [3.8, 4) is 5.75 Å². The molecule has 0 spiro atoms. The van der Waals surface area contributed by atoms with E-state index >= 15 is 0 Å². The van der Waals surface area contributed by atoms with Crippen LogP contribution in [0.3, 0.4) is 0 Å². The van der Waals surface area contributed by atoms with Crippen LogP contribution in [0, 0.1) is 12.7 Å². The molecular weight excluding hydrogens is 401 g/mol. The van der Waals surface area contributed by atoms with Gasteiger partial charge in [-0.15, -0.1) is 0 Å². The number of likely N-dealkylation sites (tertiary alicyclic amines) is 1. The molecular formula is C22H20FN5O3. The molecule has 5 rings (SSSR count). The molecule has 0 bridgehead atoms. The summed E-state index contributed by atoms with van der Waals surface area (Å²) in [5.41, 5.74) is 2.40. The van der Waals surface area contributed by atoms with Crippen LogP contribution in [0.2, 0.25) is 0 Å². The van der Waals surface area contributed by atoms with Gasteiger partial charge in [0.05, 0.1) is 23.3 Å². The van der Waals surface area contributed by atoms with Crippen LogP contribution < -0.4 is 4.74 Å². The van der Waals surface area contributed by atoms with Crippen molar-refractivity contribution in [2.45, 2.75) is 32.4 Å². The van der Waals surface area contributed by atoms with Gasteiger partial charge in [0.15, 0.2) is 11.5 Å². The van der Waals surface area contributed by atoms with E-state index in [2.05, 4.69) is 20.1 Å². The first-order valence-corrected chi connectivity index (χ1v) is 10.0. The zero-order chi connectivity index (χ0) is 21.4. The highest BCUT2D eigenvalue weighted by atomic mass is 19.1. The number of hydrogen-bond acceptors (Lipinski definition) is 6. The van der Waals surface area contributed by atoms with E-state index in [1.807, 2.05) is 19.1 Å². The number of carbonyl (C=O) groups is 1. The molecule has 1 aliphatic rings. The van der Waals surface area contributed by atoms with Crippen LogP contribution in [0.25, 0.3) is 11.0 Å². The number of nitrogens with one attached hydrogen (secondary N) is 1. The third-order valence-electron chi connectivity index (χ3n) is 5.33. The molecule has 0 saturated carbocycles. The fraction of sp³-hybridized carbons (Fsp3) is 0.273. The molecule has 1 atom stereocenters. The number of nitrogens with zero attached hydrogens (tertiary/aromatic N) is 4. The minimum atomic E-state index is -0.333. The maximum atomic E-state index is 13.5. The highest BCUT2D eigenvalue weighted by molar-refractivity contribution is 5.92. The van der Waals surface area contributed by atoms with Gasteiger partial charge in [0.2, 0.25) is 0 Å². The van der Waals surface area contributed by atoms with Crippen molar-refractivity contribution < 1.29 is 18.4 Å². The molecule has 0 aliphatic carbocycles. The van der Waals surface area contributed by atoms with Crippen LogP contribution in [-0.2, 0) is 6.61 Å². The number of benzene rings is 1. The van der Waals surface area contributed by atoms with Gasteiger partial charge in [-0.05, 0) is 50.1 Å². The first kappa shape index (κ1) is 19.2. The third kappa shape index (κ3) is 3.86. The second-order valence-corrected chi connectivity index (χ2v) is 7.54. The Labute approximate surface area is 177 Å². The number of aromatic nitrogens is 4. The number of amides is 1. The molecule has 3 aromatic heterocycles. The van der Waals surface area contributed by atoms with Gasteiger partial charge in [-0.25, -0.2) is 9.37 Å². The van der Waals surface area contributed by atoms with E-state index in [0.29, 0.717) is 34.9 Å². The summed E-state index contributed by atoms with van der Waals surface area (Å²) in [6.45, 7) is 2.62. The van der Waals surface area contributed by atoms with Crippen LogP contribution in [-0.4, -0.2) is 37.5 Å². The van der Waals surface area contributed by atoms with Crippen molar-refractivity contribution in [3.63, 3.8) is 0 Å². The van der Waals surface area contributed by atoms with Crippen molar-refractivity contribution in [1.29, 1.82) is 0 Å². The molecule has 1 saturated heterocycles. The summed E-state index contributed by atoms with van der Waals surface area (Å²) in [5, 5.41) is 3.93. The Morgan fingerprint density at radius 3 is 3.06 bits per heavy atom. The fourth-order valence-electron chi connectivity index (χ4n) is 3.78. The van der Waals surface area contributed by atoms with Crippen LogP contribution >= 0.6 is 0 Å². The van der Waals surface area contributed by atoms with Gasteiger partial charge < -0.3 is 19.1 Å². The second-order valence-electron chi connectivity index (χ2n) is 7.54. The maximum absolute atomic E-state index is 13.5. The number of hydrogen-bond donors (Lipinski definition) is 1. The summed E-state index contributed by atoms with van der Waals surface area (Å²) in [6.07, 6.45) is 3.24. The van der Waals surface area contributed by atoms with Gasteiger partial charge >= 0.3 is 0 Å². The average molecular weight is 421 g/mol. The van der Waals surface area contributed by atoms with E-state index in [4.69, 9.17) is 9.26 Å². The van der Waals surface area contributed by atoms with Crippen molar-refractivity contribution in [2.75, 3.05) is 6.54 Å². The van der Waals surface area contributed by atoms with E-state index in [1.165, 1.54) is 12.1 Å². The van der Waals surface area contributed by atoms with Crippen molar-refractivity contribution >= 4 is 16.9 Å². The molecule has 1 aliphatic heterocycles. The highest BCUT2D eigenvalue weighted by Crippen LogP contribution is 2.32. The van der Waals surface area contributed by atoms with E-state index in [1.54, 1.807) is 23.2 Å². The van der Waals surface area contributed by atoms with Gasteiger partial charge in [0, 0.05) is 18.3 Å².